The highest BCUT2D eigenvalue weighted by Crippen LogP contribution is 2.40. The fourth-order valence-corrected chi connectivity index (χ4v) is 1.68. The van der Waals surface area contributed by atoms with Crippen molar-refractivity contribution in [3.8, 4) is 16.9 Å². The molecule has 16 heavy (non-hydrogen) atoms. The highest BCUT2D eigenvalue weighted by atomic mass is 16.4. The molecule has 1 aromatic heterocycles. The summed E-state index contributed by atoms with van der Waals surface area (Å²) in [6.07, 6.45) is 1.44. The Bertz CT molecular complexity index is 541. The topological polar surface area (TPSA) is 59.4 Å². The van der Waals surface area contributed by atoms with Gasteiger partial charge in [-0.3, -0.25) is 0 Å². The molecule has 0 saturated heterocycles. The minimum Gasteiger partial charge on any atom is -0.504 e. The Morgan fingerprint density at radius 2 is 2.19 bits per heavy atom. The maximum Gasteiger partial charge on any atom is 0.202 e. The summed E-state index contributed by atoms with van der Waals surface area (Å²) in [6, 6.07) is 7.70. The molecule has 2 aromatic rings. The van der Waals surface area contributed by atoms with Crippen molar-refractivity contribution in [3.05, 3.63) is 42.2 Å². The summed E-state index contributed by atoms with van der Waals surface area (Å²) in [4.78, 5) is 0. The number of anilines is 1. The second-order valence-corrected chi connectivity index (χ2v) is 3.63. The predicted octanol–water partition coefficient (Wildman–Crippen LogP) is 3.19. The van der Waals surface area contributed by atoms with E-state index in [-0.39, 0.29) is 11.6 Å². The van der Waals surface area contributed by atoms with Gasteiger partial charge in [0.05, 0.1) is 5.56 Å². The zero-order valence-corrected chi connectivity index (χ0v) is 9.03. The Morgan fingerprint density at radius 1 is 1.44 bits per heavy atom. The van der Waals surface area contributed by atoms with Gasteiger partial charge in [-0.15, -0.1) is 0 Å². The molecule has 0 bridgehead atoms. The minimum atomic E-state index is 0.0399. The van der Waals surface area contributed by atoms with Crippen molar-refractivity contribution in [2.45, 2.75) is 6.92 Å². The number of aryl methyl sites for hydroxylation is 1. The van der Waals surface area contributed by atoms with E-state index in [0.29, 0.717) is 11.3 Å². The minimum absolute atomic E-state index is 0.0399. The Labute approximate surface area is 93.8 Å². The van der Waals surface area contributed by atoms with E-state index in [2.05, 4.69) is 6.58 Å². The van der Waals surface area contributed by atoms with Gasteiger partial charge in [0.1, 0.15) is 0 Å². The number of benzene rings is 1. The second-order valence-electron chi connectivity index (χ2n) is 3.63. The molecule has 0 unspecified atom stereocenters. The van der Waals surface area contributed by atoms with E-state index in [1.54, 1.807) is 0 Å². The smallest absolute Gasteiger partial charge is 0.202 e. The third-order valence-electron chi connectivity index (χ3n) is 2.43. The molecule has 3 heteroatoms. The van der Waals surface area contributed by atoms with E-state index < -0.39 is 0 Å². The van der Waals surface area contributed by atoms with Crippen molar-refractivity contribution in [3.63, 3.8) is 0 Å². The largest absolute Gasteiger partial charge is 0.504 e. The first-order chi connectivity index (χ1) is 7.63. The standard InChI is InChI=1S/C13H13NO2/c1-3-10-12(15)11(13(14)16-10)9-6-4-5-8(2)7-9/h3-7,15H,1,14H2,2H3. The molecule has 0 aliphatic rings. The van der Waals surface area contributed by atoms with Gasteiger partial charge in [0, 0.05) is 0 Å². The van der Waals surface area contributed by atoms with Crippen molar-refractivity contribution in [1.29, 1.82) is 0 Å². The molecule has 0 radical (unpaired) electrons. The number of nitrogen functional groups attached to an aromatic ring is 1. The van der Waals surface area contributed by atoms with Crippen molar-refractivity contribution < 1.29 is 9.52 Å². The zero-order valence-electron chi connectivity index (χ0n) is 9.03. The lowest BCUT2D eigenvalue weighted by Gasteiger charge is -2.01. The van der Waals surface area contributed by atoms with Crippen molar-refractivity contribution in [2.75, 3.05) is 5.73 Å². The van der Waals surface area contributed by atoms with Crippen molar-refractivity contribution in [2.24, 2.45) is 0 Å². The molecule has 1 aromatic carbocycles. The van der Waals surface area contributed by atoms with Crippen molar-refractivity contribution in [1.82, 2.24) is 0 Å². The van der Waals surface area contributed by atoms with Crippen LogP contribution in [-0.4, -0.2) is 5.11 Å². The van der Waals surface area contributed by atoms with E-state index >= 15 is 0 Å². The molecule has 0 aliphatic heterocycles. The summed E-state index contributed by atoms with van der Waals surface area (Å²) in [6.45, 7) is 5.53. The molecule has 0 aliphatic carbocycles. The van der Waals surface area contributed by atoms with E-state index in [1.807, 2.05) is 31.2 Å². The number of nitrogens with two attached hydrogens (primary N) is 1. The molecule has 0 fully saturated rings. The summed E-state index contributed by atoms with van der Waals surface area (Å²) < 4.78 is 5.20. The molecule has 82 valence electrons. The Balaban J connectivity index is 2.64. The van der Waals surface area contributed by atoms with Crippen LogP contribution in [0.15, 0.2) is 35.3 Å². The molecule has 1 heterocycles. The second kappa shape index (κ2) is 3.77. The molecule has 0 amide bonds. The molecule has 2 rings (SSSR count). The Kier molecular flexibility index (Phi) is 2.44. The average molecular weight is 215 g/mol. The molecular weight excluding hydrogens is 202 g/mol. The molecule has 0 atom stereocenters. The Morgan fingerprint density at radius 3 is 2.75 bits per heavy atom. The van der Waals surface area contributed by atoms with Crippen LogP contribution in [0.5, 0.6) is 5.75 Å². The first kappa shape index (κ1) is 10.4. The van der Waals surface area contributed by atoms with Crippen LogP contribution in [0.4, 0.5) is 5.88 Å². The monoisotopic (exact) mass is 215 g/mol. The van der Waals surface area contributed by atoms with Crippen LogP contribution in [0.25, 0.3) is 17.2 Å². The van der Waals surface area contributed by atoms with Crippen LogP contribution in [0.1, 0.15) is 11.3 Å². The lowest BCUT2D eigenvalue weighted by atomic mass is 10.0. The summed E-state index contributed by atoms with van der Waals surface area (Å²) in [5, 5.41) is 9.91. The first-order valence-corrected chi connectivity index (χ1v) is 4.94. The van der Waals surface area contributed by atoms with Gasteiger partial charge < -0.3 is 15.3 Å². The van der Waals surface area contributed by atoms with Gasteiger partial charge in [0.2, 0.25) is 5.88 Å². The lowest BCUT2D eigenvalue weighted by Crippen LogP contribution is -1.85. The van der Waals surface area contributed by atoms with Crippen LogP contribution >= 0.6 is 0 Å². The third kappa shape index (κ3) is 1.56. The average Bonchev–Trinajstić information content (AvgIpc) is 2.53. The molecule has 0 saturated carbocycles. The highest BCUT2D eigenvalue weighted by Gasteiger charge is 2.17. The van der Waals surface area contributed by atoms with Crippen LogP contribution in [0.2, 0.25) is 0 Å². The van der Waals surface area contributed by atoms with Crippen LogP contribution in [0.3, 0.4) is 0 Å². The number of furan rings is 1. The normalized spacial score (nSPS) is 10.3. The Hall–Kier alpha value is -2.16. The lowest BCUT2D eigenvalue weighted by molar-refractivity contribution is 0.457. The number of rotatable bonds is 2. The van der Waals surface area contributed by atoms with Gasteiger partial charge >= 0.3 is 0 Å². The molecule has 3 nitrogen and oxygen atoms in total. The van der Waals surface area contributed by atoms with Crippen molar-refractivity contribution >= 4 is 12.0 Å². The van der Waals surface area contributed by atoms with Gasteiger partial charge in [-0.05, 0) is 18.6 Å². The fraction of sp³-hybridized carbons (Fsp3) is 0.0769. The van der Waals surface area contributed by atoms with E-state index in [4.69, 9.17) is 10.2 Å². The van der Waals surface area contributed by atoms with Crippen LogP contribution in [0, 0.1) is 6.92 Å². The number of hydrogen-bond acceptors (Lipinski definition) is 3. The molecule has 0 spiro atoms. The van der Waals surface area contributed by atoms with Gasteiger partial charge in [-0.2, -0.15) is 0 Å². The van der Waals surface area contributed by atoms with Gasteiger partial charge in [-0.1, -0.05) is 36.4 Å². The van der Waals surface area contributed by atoms with Crippen LogP contribution < -0.4 is 5.73 Å². The summed E-state index contributed by atoms with van der Waals surface area (Å²) in [5.74, 6) is 0.546. The first-order valence-electron chi connectivity index (χ1n) is 4.94. The highest BCUT2D eigenvalue weighted by molar-refractivity contribution is 5.82. The van der Waals surface area contributed by atoms with E-state index in [9.17, 15) is 5.11 Å². The predicted molar refractivity (Wildman–Crippen MR) is 65.0 cm³/mol. The summed E-state index contributed by atoms with van der Waals surface area (Å²) >= 11 is 0. The molecular formula is C13H13NO2. The maximum absolute atomic E-state index is 9.91. The fourth-order valence-electron chi connectivity index (χ4n) is 1.68. The quantitative estimate of drug-likeness (QED) is 0.808. The number of aromatic hydroxyl groups is 1. The molecule has 3 N–H and O–H groups in total. The zero-order chi connectivity index (χ0) is 11.7. The summed E-state index contributed by atoms with van der Waals surface area (Å²) in [5.41, 5.74) is 8.19. The van der Waals surface area contributed by atoms with Gasteiger partial charge in [-0.25, -0.2) is 0 Å². The third-order valence-corrected chi connectivity index (χ3v) is 2.43. The maximum atomic E-state index is 9.91. The number of hydrogen-bond donors (Lipinski definition) is 2. The van der Waals surface area contributed by atoms with Gasteiger partial charge in [0.25, 0.3) is 0 Å². The van der Waals surface area contributed by atoms with E-state index in [0.717, 1.165) is 11.1 Å². The van der Waals surface area contributed by atoms with Crippen LogP contribution in [-0.2, 0) is 0 Å². The summed E-state index contributed by atoms with van der Waals surface area (Å²) in [7, 11) is 0. The van der Waals surface area contributed by atoms with E-state index in [1.165, 1.54) is 6.08 Å². The SMILES string of the molecule is C=Cc1oc(N)c(-c2cccc(C)c2)c1O. The van der Waals surface area contributed by atoms with Gasteiger partial charge in [0.15, 0.2) is 11.5 Å².